The normalized spacial score (nSPS) is 11.2. The molecule has 0 aliphatic heterocycles. The van der Waals surface area contributed by atoms with Crippen LogP contribution in [0.2, 0.25) is 0 Å². The summed E-state index contributed by atoms with van der Waals surface area (Å²) in [4.78, 5) is 0. The highest BCUT2D eigenvalue weighted by molar-refractivity contribution is 7.71. The molecule has 1 N–H and O–H groups in total. The van der Waals surface area contributed by atoms with E-state index in [1.54, 1.807) is 0 Å². The van der Waals surface area contributed by atoms with Crippen LogP contribution < -0.4 is 0 Å². The van der Waals surface area contributed by atoms with Crippen LogP contribution in [0.4, 0.5) is 0 Å². The minimum atomic E-state index is 0.630. The number of hydrogen-bond donors (Lipinski definition) is 1. The van der Waals surface area contributed by atoms with Crippen molar-refractivity contribution < 1.29 is 0 Å². The molecule has 1 aromatic carbocycles. The Morgan fingerprint density at radius 3 is 2.56 bits per heavy atom. The van der Waals surface area contributed by atoms with Gasteiger partial charge in [0.2, 0.25) is 0 Å². The van der Waals surface area contributed by atoms with Crippen molar-refractivity contribution in [2.75, 3.05) is 0 Å². The number of nitrogens with one attached hydrogen (secondary N) is 1. The van der Waals surface area contributed by atoms with Crippen LogP contribution in [0, 0.1) is 24.4 Å². The number of aromatic nitrogens is 2. The Balaban J connectivity index is 2.44. The van der Waals surface area contributed by atoms with Crippen LogP contribution in [0.25, 0.3) is 5.69 Å². The second-order valence-electron chi connectivity index (χ2n) is 5.34. The maximum Gasteiger partial charge on any atom is 0.127 e. The summed E-state index contributed by atoms with van der Waals surface area (Å²) in [5.41, 5.74) is 4.86. The first-order valence-corrected chi connectivity index (χ1v) is 6.77. The molecule has 0 amide bonds. The summed E-state index contributed by atoms with van der Waals surface area (Å²) in [5, 5.41) is 3.40. The van der Waals surface area contributed by atoms with Crippen molar-refractivity contribution in [3.05, 3.63) is 45.7 Å². The first-order valence-electron chi connectivity index (χ1n) is 6.36. The lowest BCUT2D eigenvalue weighted by atomic mass is 10.1. The predicted molar refractivity (Wildman–Crippen MR) is 79.0 cm³/mol. The van der Waals surface area contributed by atoms with E-state index in [0.717, 1.165) is 16.7 Å². The summed E-state index contributed by atoms with van der Waals surface area (Å²) in [6.45, 7) is 8.65. The smallest absolute Gasteiger partial charge is 0.127 e. The van der Waals surface area contributed by atoms with Gasteiger partial charge >= 0.3 is 0 Å². The van der Waals surface area contributed by atoms with Crippen molar-refractivity contribution >= 4 is 12.2 Å². The summed E-state index contributed by atoms with van der Waals surface area (Å²) in [6, 6.07) is 8.48. The SMILES string of the molecule is Cc1ccc(-n2[nH]c(CC(C)C)cc2=S)c(C)c1. The van der Waals surface area contributed by atoms with Gasteiger partial charge in [-0.25, -0.2) is 4.68 Å². The standard InChI is InChI=1S/C15H20N2S/c1-10(2)7-13-9-15(18)17(16-13)14-6-5-11(3)8-12(14)4/h5-6,8-10,16H,7H2,1-4H3. The molecule has 0 aliphatic rings. The van der Waals surface area contributed by atoms with Crippen molar-refractivity contribution in [2.24, 2.45) is 5.92 Å². The third-order valence-corrected chi connectivity index (χ3v) is 3.30. The molecule has 0 saturated carbocycles. The van der Waals surface area contributed by atoms with Gasteiger partial charge in [0.1, 0.15) is 4.64 Å². The number of aromatic amines is 1. The molecule has 0 radical (unpaired) electrons. The molecule has 0 bridgehead atoms. The largest absolute Gasteiger partial charge is 0.297 e. The maximum absolute atomic E-state index is 5.43. The van der Waals surface area contributed by atoms with Crippen LogP contribution in [0.5, 0.6) is 0 Å². The molecule has 0 aliphatic carbocycles. The van der Waals surface area contributed by atoms with E-state index in [2.05, 4.69) is 57.1 Å². The van der Waals surface area contributed by atoms with Gasteiger partial charge in [-0.05, 0) is 43.9 Å². The zero-order valence-electron chi connectivity index (χ0n) is 11.4. The first-order chi connectivity index (χ1) is 8.47. The van der Waals surface area contributed by atoms with Crippen LogP contribution in [0.1, 0.15) is 30.7 Å². The molecule has 18 heavy (non-hydrogen) atoms. The van der Waals surface area contributed by atoms with Gasteiger partial charge in [-0.1, -0.05) is 43.8 Å². The molecule has 2 rings (SSSR count). The highest BCUT2D eigenvalue weighted by Crippen LogP contribution is 2.17. The Morgan fingerprint density at radius 1 is 1.22 bits per heavy atom. The average molecular weight is 260 g/mol. The lowest BCUT2D eigenvalue weighted by Gasteiger charge is -2.08. The van der Waals surface area contributed by atoms with Crippen molar-refractivity contribution in [2.45, 2.75) is 34.1 Å². The van der Waals surface area contributed by atoms with Gasteiger partial charge < -0.3 is 0 Å². The zero-order chi connectivity index (χ0) is 13.3. The first kappa shape index (κ1) is 13.1. The van der Waals surface area contributed by atoms with Gasteiger partial charge in [-0.15, -0.1) is 0 Å². The summed E-state index contributed by atoms with van der Waals surface area (Å²) < 4.78 is 2.85. The monoisotopic (exact) mass is 260 g/mol. The summed E-state index contributed by atoms with van der Waals surface area (Å²) in [5.74, 6) is 0.630. The number of benzene rings is 1. The van der Waals surface area contributed by atoms with Crippen molar-refractivity contribution in [1.82, 2.24) is 9.78 Å². The van der Waals surface area contributed by atoms with E-state index < -0.39 is 0 Å². The molecule has 2 nitrogen and oxygen atoms in total. The van der Waals surface area contributed by atoms with E-state index in [1.807, 2.05) is 4.68 Å². The average Bonchev–Trinajstić information content (AvgIpc) is 2.58. The van der Waals surface area contributed by atoms with Crippen molar-refractivity contribution in [3.8, 4) is 5.69 Å². The summed E-state index contributed by atoms with van der Waals surface area (Å²) in [6.07, 6.45) is 1.03. The van der Waals surface area contributed by atoms with E-state index >= 15 is 0 Å². The van der Waals surface area contributed by atoms with Crippen molar-refractivity contribution in [1.29, 1.82) is 0 Å². The summed E-state index contributed by atoms with van der Waals surface area (Å²) in [7, 11) is 0. The number of H-pyrrole nitrogens is 1. The molecule has 2 aromatic rings. The maximum atomic E-state index is 5.43. The number of rotatable bonds is 3. The third-order valence-electron chi connectivity index (χ3n) is 2.99. The Bertz CT molecular complexity index is 605. The highest BCUT2D eigenvalue weighted by Gasteiger charge is 2.06. The van der Waals surface area contributed by atoms with Gasteiger partial charge in [0, 0.05) is 5.69 Å². The van der Waals surface area contributed by atoms with Crippen LogP contribution in [0.3, 0.4) is 0 Å². The minimum absolute atomic E-state index is 0.630. The Hall–Kier alpha value is -1.35. The minimum Gasteiger partial charge on any atom is -0.297 e. The molecule has 0 spiro atoms. The molecule has 0 unspecified atom stereocenters. The quantitative estimate of drug-likeness (QED) is 0.814. The zero-order valence-corrected chi connectivity index (χ0v) is 12.3. The van der Waals surface area contributed by atoms with E-state index in [4.69, 9.17) is 12.2 Å². The molecule has 96 valence electrons. The van der Waals surface area contributed by atoms with Crippen LogP contribution in [-0.2, 0) is 6.42 Å². The lowest BCUT2D eigenvalue weighted by Crippen LogP contribution is -2.01. The van der Waals surface area contributed by atoms with E-state index in [-0.39, 0.29) is 0 Å². The van der Waals surface area contributed by atoms with Crippen molar-refractivity contribution in [3.63, 3.8) is 0 Å². The van der Waals surface area contributed by atoms with Crippen LogP contribution >= 0.6 is 12.2 Å². The molecular formula is C15H20N2S. The molecule has 1 heterocycles. The van der Waals surface area contributed by atoms with Gasteiger partial charge in [-0.2, -0.15) is 0 Å². The highest BCUT2D eigenvalue weighted by atomic mass is 32.1. The fraction of sp³-hybridized carbons (Fsp3) is 0.400. The number of nitrogens with zero attached hydrogens (tertiary/aromatic N) is 1. The molecule has 0 saturated heterocycles. The van der Waals surface area contributed by atoms with Crippen LogP contribution in [-0.4, -0.2) is 9.78 Å². The second-order valence-corrected chi connectivity index (χ2v) is 5.76. The van der Waals surface area contributed by atoms with Gasteiger partial charge in [0.25, 0.3) is 0 Å². The van der Waals surface area contributed by atoms with Crippen LogP contribution in [0.15, 0.2) is 24.3 Å². The van der Waals surface area contributed by atoms with E-state index in [9.17, 15) is 0 Å². The fourth-order valence-corrected chi connectivity index (χ4v) is 2.51. The predicted octanol–water partition coefficient (Wildman–Crippen LogP) is 4.35. The van der Waals surface area contributed by atoms with E-state index in [1.165, 1.54) is 16.8 Å². The number of hydrogen-bond acceptors (Lipinski definition) is 1. The fourth-order valence-electron chi connectivity index (χ4n) is 2.22. The number of aryl methyl sites for hydroxylation is 2. The Labute approximate surface area is 114 Å². The Morgan fingerprint density at radius 2 is 1.94 bits per heavy atom. The van der Waals surface area contributed by atoms with E-state index in [0.29, 0.717) is 5.92 Å². The van der Waals surface area contributed by atoms with Gasteiger partial charge in [-0.3, -0.25) is 5.10 Å². The molecular weight excluding hydrogens is 240 g/mol. The van der Waals surface area contributed by atoms with Gasteiger partial charge in [0.15, 0.2) is 0 Å². The summed E-state index contributed by atoms with van der Waals surface area (Å²) >= 11 is 5.43. The molecule has 0 fully saturated rings. The Kier molecular flexibility index (Phi) is 3.71. The second kappa shape index (κ2) is 5.11. The lowest BCUT2D eigenvalue weighted by molar-refractivity contribution is 0.628. The molecule has 1 aromatic heterocycles. The van der Waals surface area contributed by atoms with Gasteiger partial charge in [0.05, 0.1) is 5.69 Å². The third kappa shape index (κ3) is 2.72. The topological polar surface area (TPSA) is 20.7 Å². The molecule has 0 atom stereocenters. The molecule has 3 heteroatoms.